The Morgan fingerprint density at radius 2 is 1.73 bits per heavy atom. The van der Waals surface area contributed by atoms with E-state index < -0.39 is 5.97 Å². The second-order valence-corrected chi connectivity index (χ2v) is 6.17. The second kappa shape index (κ2) is 2.97. The first-order valence-electron chi connectivity index (χ1n) is 5.77. The SMILES string of the molecule is CC1(C)C(NC2CCC2C(=O)O)C1(C)C. The van der Waals surface area contributed by atoms with Gasteiger partial charge in [0.2, 0.25) is 0 Å². The minimum atomic E-state index is -0.644. The lowest BCUT2D eigenvalue weighted by molar-refractivity contribution is -0.146. The van der Waals surface area contributed by atoms with Crippen LogP contribution in [0.25, 0.3) is 0 Å². The molecule has 2 aliphatic carbocycles. The molecule has 0 amide bonds. The third-order valence-corrected chi connectivity index (χ3v) is 4.99. The molecular weight excluding hydrogens is 190 g/mol. The lowest BCUT2D eigenvalue weighted by Gasteiger charge is -2.35. The summed E-state index contributed by atoms with van der Waals surface area (Å²) in [4.78, 5) is 10.9. The molecular formula is C12H21NO2. The molecule has 0 radical (unpaired) electrons. The van der Waals surface area contributed by atoms with Gasteiger partial charge < -0.3 is 10.4 Å². The Morgan fingerprint density at radius 1 is 1.20 bits per heavy atom. The van der Waals surface area contributed by atoms with Crippen LogP contribution in [0.15, 0.2) is 0 Å². The average Bonchev–Trinajstić information content (AvgIpc) is 2.36. The van der Waals surface area contributed by atoms with Crippen molar-refractivity contribution in [3.8, 4) is 0 Å². The van der Waals surface area contributed by atoms with E-state index in [0.717, 1.165) is 12.8 Å². The minimum absolute atomic E-state index is 0.155. The van der Waals surface area contributed by atoms with Gasteiger partial charge in [0.15, 0.2) is 0 Å². The molecule has 2 unspecified atom stereocenters. The number of hydrogen-bond acceptors (Lipinski definition) is 2. The summed E-state index contributed by atoms with van der Waals surface area (Å²) in [6, 6.07) is 0.672. The molecule has 0 aliphatic heterocycles. The van der Waals surface area contributed by atoms with Crippen LogP contribution < -0.4 is 5.32 Å². The highest BCUT2D eigenvalue weighted by molar-refractivity contribution is 5.72. The summed E-state index contributed by atoms with van der Waals surface area (Å²) in [5.41, 5.74) is 0.595. The highest BCUT2D eigenvalue weighted by Crippen LogP contribution is 2.63. The highest BCUT2D eigenvalue weighted by atomic mass is 16.4. The van der Waals surface area contributed by atoms with Crippen molar-refractivity contribution in [2.45, 2.75) is 52.6 Å². The fraction of sp³-hybridized carbons (Fsp3) is 0.917. The van der Waals surface area contributed by atoms with E-state index in [4.69, 9.17) is 5.11 Å². The summed E-state index contributed by atoms with van der Waals surface area (Å²) in [6.07, 6.45) is 1.85. The van der Waals surface area contributed by atoms with Crippen LogP contribution in [0.5, 0.6) is 0 Å². The van der Waals surface area contributed by atoms with Crippen LogP contribution in [0.1, 0.15) is 40.5 Å². The average molecular weight is 211 g/mol. The minimum Gasteiger partial charge on any atom is -0.481 e. The van der Waals surface area contributed by atoms with Gasteiger partial charge in [0, 0.05) is 12.1 Å². The van der Waals surface area contributed by atoms with Crippen LogP contribution in [0.3, 0.4) is 0 Å². The number of nitrogens with one attached hydrogen (secondary N) is 1. The van der Waals surface area contributed by atoms with Crippen molar-refractivity contribution in [1.29, 1.82) is 0 Å². The number of aliphatic carboxylic acids is 1. The Hall–Kier alpha value is -0.570. The van der Waals surface area contributed by atoms with Crippen molar-refractivity contribution in [3.63, 3.8) is 0 Å². The van der Waals surface area contributed by atoms with Crippen LogP contribution in [-0.2, 0) is 4.79 Å². The van der Waals surface area contributed by atoms with Crippen molar-refractivity contribution < 1.29 is 9.90 Å². The van der Waals surface area contributed by atoms with Gasteiger partial charge in [-0.3, -0.25) is 4.79 Å². The molecule has 0 saturated heterocycles. The lowest BCUT2D eigenvalue weighted by atomic mass is 9.79. The molecule has 86 valence electrons. The predicted molar refractivity (Wildman–Crippen MR) is 58.6 cm³/mol. The fourth-order valence-electron chi connectivity index (χ4n) is 2.82. The monoisotopic (exact) mass is 211 g/mol. The molecule has 3 nitrogen and oxygen atoms in total. The Labute approximate surface area is 91.2 Å². The lowest BCUT2D eigenvalue weighted by Crippen LogP contribution is -2.49. The summed E-state index contributed by atoms with van der Waals surface area (Å²) in [5, 5.41) is 12.5. The van der Waals surface area contributed by atoms with E-state index in [1.165, 1.54) is 0 Å². The van der Waals surface area contributed by atoms with Crippen molar-refractivity contribution in [1.82, 2.24) is 5.32 Å². The summed E-state index contributed by atoms with van der Waals surface area (Å²) in [5.74, 6) is -0.799. The predicted octanol–water partition coefficient (Wildman–Crippen LogP) is 1.87. The largest absolute Gasteiger partial charge is 0.481 e. The molecule has 2 saturated carbocycles. The second-order valence-electron chi connectivity index (χ2n) is 6.17. The molecule has 0 aromatic rings. The molecule has 0 bridgehead atoms. The van der Waals surface area contributed by atoms with E-state index in [-0.39, 0.29) is 12.0 Å². The van der Waals surface area contributed by atoms with Crippen LogP contribution in [0, 0.1) is 16.7 Å². The Morgan fingerprint density at radius 3 is 2.00 bits per heavy atom. The van der Waals surface area contributed by atoms with Crippen LogP contribution in [0.4, 0.5) is 0 Å². The van der Waals surface area contributed by atoms with Gasteiger partial charge in [-0.1, -0.05) is 27.7 Å². The van der Waals surface area contributed by atoms with E-state index in [9.17, 15) is 4.79 Å². The van der Waals surface area contributed by atoms with Gasteiger partial charge in [-0.05, 0) is 23.7 Å². The highest BCUT2D eigenvalue weighted by Gasteiger charge is 2.65. The smallest absolute Gasteiger partial charge is 0.308 e. The zero-order valence-electron chi connectivity index (χ0n) is 10.0. The maximum atomic E-state index is 10.9. The van der Waals surface area contributed by atoms with Gasteiger partial charge in [-0.15, -0.1) is 0 Å². The van der Waals surface area contributed by atoms with E-state index in [2.05, 4.69) is 33.0 Å². The molecule has 15 heavy (non-hydrogen) atoms. The first-order chi connectivity index (χ1) is 6.78. The van der Waals surface area contributed by atoms with E-state index >= 15 is 0 Å². The molecule has 0 heterocycles. The number of rotatable bonds is 3. The zero-order chi connectivity index (χ0) is 11.4. The molecule has 2 N–H and O–H groups in total. The van der Waals surface area contributed by atoms with Crippen LogP contribution in [-0.4, -0.2) is 23.2 Å². The first kappa shape index (κ1) is 10.9. The van der Waals surface area contributed by atoms with Gasteiger partial charge in [0.25, 0.3) is 0 Å². The fourth-order valence-corrected chi connectivity index (χ4v) is 2.82. The normalized spacial score (nSPS) is 37.1. The van der Waals surface area contributed by atoms with E-state index in [0.29, 0.717) is 16.9 Å². The summed E-state index contributed by atoms with van der Waals surface area (Å²) in [6.45, 7) is 9.00. The summed E-state index contributed by atoms with van der Waals surface area (Å²) in [7, 11) is 0. The number of carboxylic acid groups (broad SMARTS) is 1. The zero-order valence-corrected chi connectivity index (χ0v) is 10.0. The molecule has 3 heteroatoms. The first-order valence-corrected chi connectivity index (χ1v) is 5.77. The van der Waals surface area contributed by atoms with Gasteiger partial charge in [-0.2, -0.15) is 0 Å². The third kappa shape index (κ3) is 1.40. The number of carbonyl (C=O) groups is 1. The topological polar surface area (TPSA) is 49.3 Å². The van der Waals surface area contributed by atoms with Crippen molar-refractivity contribution >= 4 is 5.97 Å². The van der Waals surface area contributed by atoms with Gasteiger partial charge >= 0.3 is 5.97 Å². The Bertz CT molecular complexity index is 282. The maximum Gasteiger partial charge on any atom is 0.308 e. The van der Waals surface area contributed by atoms with Crippen molar-refractivity contribution in [3.05, 3.63) is 0 Å². The number of carboxylic acids is 1. The quantitative estimate of drug-likeness (QED) is 0.749. The molecule has 2 rings (SSSR count). The standard InChI is InChI=1S/C12H21NO2/c1-11(2)10(12(11,3)4)13-8-6-5-7(8)9(14)15/h7-8,10,13H,5-6H2,1-4H3,(H,14,15). The number of hydrogen-bond donors (Lipinski definition) is 2. The van der Waals surface area contributed by atoms with E-state index in [1.54, 1.807) is 0 Å². The molecule has 0 aromatic carbocycles. The van der Waals surface area contributed by atoms with Gasteiger partial charge in [0.1, 0.15) is 0 Å². The Balaban J connectivity index is 1.93. The van der Waals surface area contributed by atoms with Crippen molar-refractivity contribution in [2.24, 2.45) is 16.7 Å². The van der Waals surface area contributed by atoms with Crippen LogP contribution >= 0.6 is 0 Å². The molecule has 0 spiro atoms. The van der Waals surface area contributed by atoms with Crippen molar-refractivity contribution in [2.75, 3.05) is 0 Å². The molecule has 2 fully saturated rings. The van der Waals surface area contributed by atoms with Crippen LogP contribution in [0.2, 0.25) is 0 Å². The molecule has 2 aliphatic rings. The Kier molecular flexibility index (Phi) is 2.16. The summed E-state index contributed by atoms with van der Waals surface area (Å²) < 4.78 is 0. The molecule has 2 atom stereocenters. The van der Waals surface area contributed by atoms with Gasteiger partial charge in [-0.25, -0.2) is 0 Å². The molecule has 0 aromatic heterocycles. The van der Waals surface area contributed by atoms with Gasteiger partial charge in [0.05, 0.1) is 5.92 Å². The maximum absolute atomic E-state index is 10.9. The summed E-state index contributed by atoms with van der Waals surface area (Å²) >= 11 is 0. The van der Waals surface area contributed by atoms with E-state index in [1.807, 2.05) is 0 Å². The third-order valence-electron chi connectivity index (χ3n) is 4.99.